The molecular weight excluding hydrogens is 354 g/mol. The molecule has 0 radical (unpaired) electrons. The summed E-state index contributed by atoms with van der Waals surface area (Å²) in [6.45, 7) is 3.94. The Morgan fingerprint density at radius 3 is 2.73 bits per heavy atom. The average Bonchev–Trinajstić information content (AvgIpc) is 2.90. The topological polar surface area (TPSA) is 116 Å². The van der Waals surface area contributed by atoms with Crippen molar-refractivity contribution < 1.29 is 10.0 Å². The van der Waals surface area contributed by atoms with Gasteiger partial charge in [0.2, 0.25) is 11.0 Å². The fraction of sp³-hybridized carbons (Fsp3) is 0.118. The number of nitrogens with one attached hydrogen (secondary N) is 2. The molecule has 8 nitrogen and oxygen atoms in total. The number of H-pyrrole nitrogens is 1. The predicted octanol–water partition coefficient (Wildman–Crippen LogP) is 4.88. The van der Waals surface area contributed by atoms with Crippen LogP contribution in [0.4, 0.5) is 17.1 Å². The second kappa shape index (κ2) is 6.89. The molecule has 3 rings (SSSR count). The first-order valence-electron chi connectivity index (χ1n) is 7.64. The molecule has 0 spiro atoms. The zero-order chi connectivity index (χ0) is 18.8. The van der Waals surface area contributed by atoms with Gasteiger partial charge in [0, 0.05) is 23.2 Å². The van der Waals surface area contributed by atoms with Crippen LogP contribution in [0, 0.1) is 24.0 Å². The van der Waals surface area contributed by atoms with Gasteiger partial charge in [0.15, 0.2) is 5.69 Å². The molecular formula is C17H15N5O3S. The first-order valence-corrected chi connectivity index (χ1v) is 8.05. The molecule has 3 aromatic rings. The van der Waals surface area contributed by atoms with E-state index in [2.05, 4.69) is 20.5 Å². The van der Waals surface area contributed by atoms with Crippen molar-refractivity contribution >= 4 is 45.3 Å². The van der Waals surface area contributed by atoms with Gasteiger partial charge in [-0.3, -0.25) is 10.1 Å². The van der Waals surface area contributed by atoms with Crippen LogP contribution in [0.15, 0.2) is 46.6 Å². The molecule has 0 bridgehead atoms. The Morgan fingerprint density at radius 2 is 2.04 bits per heavy atom. The lowest BCUT2D eigenvalue weighted by atomic mass is 10.1. The largest absolute Gasteiger partial charge is 0.493 e. The van der Waals surface area contributed by atoms with Crippen LogP contribution >= 0.6 is 12.2 Å². The van der Waals surface area contributed by atoms with E-state index in [0.29, 0.717) is 10.9 Å². The lowest BCUT2D eigenvalue weighted by molar-refractivity contribution is -0.384. The highest BCUT2D eigenvalue weighted by atomic mass is 32.1. The molecule has 0 unspecified atom stereocenters. The van der Waals surface area contributed by atoms with Gasteiger partial charge in [-0.25, -0.2) is 0 Å². The lowest BCUT2D eigenvalue weighted by Crippen LogP contribution is -2.06. The van der Waals surface area contributed by atoms with E-state index in [-0.39, 0.29) is 22.4 Å². The highest BCUT2D eigenvalue weighted by molar-refractivity contribution is 7.80. The molecule has 2 aromatic carbocycles. The zero-order valence-electron chi connectivity index (χ0n) is 14.0. The van der Waals surface area contributed by atoms with E-state index in [1.165, 1.54) is 18.2 Å². The van der Waals surface area contributed by atoms with Gasteiger partial charge < -0.3 is 15.4 Å². The fourth-order valence-electron chi connectivity index (χ4n) is 2.56. The molecule has 132 valence electrons. The minimum Gasteiger partial charge on any atom is -0.493 e. The molecule has 0 saturated heterocycles. The summed E-state index contributed by atoms with van der Waals surface area (Å²) >= 11 is 5.16. The summed E-state index contributed by atoms with van der Waals surface area (Å²) in [5.74, 6) is -0.237. The Hall–Kier alpha value is -3.33. The summed E-state index contributed by atoms with van der Waals surface area (Å²) in [5.41, 5.74) is 3.44. The van der Waals surface area contributed by atoms with Crippen molar-refractivity contribution in [2.45, 2.75) is 13.8 Å². The van der Waals surface area contributed by atoms with E-state index in [1.54, 1.807) is 0 Å². The Labute approximate surface area is 153 Å². The predicted molar refractivity (Wildman–Crippen MR) is 103 cm³/mol. The Bertz CT molecular complexity index is 1060. The van der Waals surface area contributed by atoms with E-state index in [0.717, 1.165) is 16.8 Å². The number of anilines is 1. The molecule has 26 heavy (non-hydrogen) atoms. The van der Waals surface area contributed by atoms with Crippen LogP contribution in [-0.2, 0) is 0 Å². The van der Waals surface area contributed by atoms with Gasteiger partial charge >= 0.3 is 0 Å². The highest BCUT2D eigenvalue weighted by Gasteiger charge is 2.15. The van der Waals surface area contributed by atoms with E-state index in [4.69, 9.17) is 12.2 Å². The summed E-state index contributed by atoms with van der Waals surface area (Å²) in [6, 6.07) is 10.00. The third-order valence-electron chi connectivity index (χ3n) is 3.81. The van der Waals surface area contributed by atoms with E-state index < -0.39 is 4.92 Å². The number of nitro groups is 1. The number of azo groups is 1. The third-order valence-corrected chi connectivity index (χ3v) is 3.99. The van der Waals surface area contributed by atoms with Crippen molar-refractivity contribution in [2.75, 3.05) is 5.32 Å². The Morgan fingerprint density at radius 1 is 1.27 bits per heavy atom. The van der Waals surface area contributed by atoms with Crippen molar-refractivity contribution in [3.05, 3.63) is 57.6 Å². The first kappa shape index (κ1) is 17.5. The third kappa shape index (κ3) is 3.52. The van der Waals surface area contributed by atoms with Crippen molar-refractivity contribution in [3.8, 4) is 5.88 Å². The van der Waals surface area contributed by atoms with Crippen LogP contribution in [0.5, 0.6) is 5.88 Å². The van der Waals surface area contributed by atoms with Crippen molar-refractivity contribution in [3.63, 3.8) is 0 Å². The number of rotatable bonds is 3. The number of hydrogen-bond acceptors (Lipinski definition) is 5. The summed E-state index contributed by atoms with van der Waals surface area (Å²) in [7, 11) is 0. The molecule has 1 heterocycles. The summed E-state index contributed by atoms with van der Waals surface area (Å²) in [4.78, 5) is 13.1. The first-order chi connectivity index (χ1) is 12.3. The maximum Gasteiger partial charge on any atom is 0.270 e. The molecule has 0 atom stereocenters. The van der Waals surface area contributed by atoms with Gasteiger partial charge in [0.25, 0.3) is 5.69 Å². The second-order valence-corrected chi connectivity index (χ2v) is 6.14. The number of aromatic nitrogens is 1. The quantitative estimate of drug-likeness (QED) is 0.263. The van der Waals surface area contributed by atoms with Gasteiger partial charge in [-0.2, -0.15) is 0 Å². The highest BCUT2D eigenvalue weighted by Crippen LogP contribution is 2.37. The Balaban J connectivity index is 1.87. The SMILES string of the molecule is Cc1ccc(NC(=S)N=Nc2c(O)[nH]c3ccc([N+](=O)[O-])cc23)c(C)c1. The number of aromatic amines is 1. The van der Waals surface area contributed by atoms with Crippen LogP contribution in [0.2, 0.25) is 0 Å². The molecule has 1 aromatic heterocycles. The van der Waals surface area contributed by atoms with E-state index in [9.17, 15) is 15.2 Å². The minimum atomic E-state index is -0.517. The zero-order valence-corrected chi connectivity index (χ0v) is 14.8. The molecule has 0 aliphatic carbocycles. The summed E-state index contributed by atoms with van der Waals surface area (Å²) < 4.78 is 0. The monoisotopic (exact) mass is 369 g/mol. The molecule has 3 N–H and O–H groups in total. The van der Waals surface area contributed by atoms with Crippen molar-refractivity contribution in [1.82, 2.24) is 4.98 Å². The number of benzene rings is 2. The van der Waals surface area contributed by atoms with Gasteiger partial charge in [0.05, 0.1) is 10.4 Å². The molecule has 0 amide bonds. The van der Waals surface area contributed by atoms with E-state index in [1.807, 2.05) is 32.0 Å². The number of hydrogen-bond donors (Lipinski definition) is 3. The van der Waals surface area contributed by atoms with Gasteiger partial charge in [-0.05, 0) is 43.8 Å². The van der Waals surface area contributed by atoms with Crippen LogP contribution < -0.4 is 5.32 Å². The van der Waals surface area contributed by atoms with Crippen LogP contribution in [0.25, 0.3) is 10.9 Å². The maximum absolute atomic E-state index is 10.9. The maximum atomic E-state index is 10.9. The summed E-state index contributed by atoms with van der Waals surface area (Å²) in [5, 5.41) is 32.3. The second-order valence-electron chi connectivity index (χ2n) is 5.76. The number of fused-ring (bicyclic) bond motifs is 1. The average molecular weight is 369 g/mol. The number of nitro benzene ring substituents is 1. The summed E-state index contributed by atoms with van der Waals surface area (Å²) in [6.07, 6.45) is 0. The van der Waals surface area contributed by atoms with Gasteiger partial charge in [0.1, 0.15) is 0 Å². The molecule has 0 aliphatic heterocycles. The Kier molecular flexibility index (Phi) is 4.63. The van der Waals surface area contributed by atoms with Gasteiger partial charge in [-0.1, -0.05) is 17.7 Å². The van der Waals surface area contributed by atoms with Crippen LogP contribution in [-0.4, -0.2) is 20.1 Å². The standard InChI is InChI=1S/C17H15N5O3S/c1-9-3-5-13(10(2)7-9)19-17(26)21-20-15-12-8-11(22(24)25)4-6-14(12)18-16(15)23/h3-8,18,23H,1-2H3,(H,19,26). The molecule has 0 fully saturated rings. The van der Waals surface area contributed by atoms with Crippen molar-refractivity contribution in [1.29, 1.82) is 0 Å². The molecule has 0 aliphatic rings. The molecule has 0 saturated carbocycles. The van der Waals surface area contributed by atoms with Gasteiger partial charge in [-0.15, -0.1) is 10.2 Å². The van der Waals surface area contributed by atoms with E-state index >= 15 is 0 Å². The van der Waals surface area contributed by atoms with Crippen LogP contribution in [0.1, 0.15) is 11.1 Å². The lowest BCUT2D eigenvalue weighted by Gasteiger charge is -2.07. The fourth-order valence-corrected chi connectivity index (χ4v) is 2.71. The van der Waals surface area contributed by atoms with Crippen LogP contribution in [0.3, 0.4) is 0 Å². The number of nitrogens with zero attached hydrogens (tertiary/aromatic N) is 3. The number of aryl methyl sites for hydroxylation is 2. The number of thiocarbonyl (C=S) groups is 1. The number of aromatic hydroxyl groups is 1. The smallest absolute Gasteiger partial charge is 0.270 e. The molecule has 9 heteroatoms. The minimum absolute atomic E-state index is 0.0912. The van der Waals surface area contributed by atoms with Crippen molar-refractivity contribution in [2.24, 2.45) is 10.2 Å². The number of non-ortho nitro benzene ring substituents is 1. The normalized spacial score (nSPS) is 11.2.